The zero-order valence-corrected chi connectivity index (χ0v) is 24.7. The Kier molecular flexibility index (Phi) is 9.58. The zero-order valence-electron chi connectivity index (χ0n) is 23.8. The average Bonchev–Trinajstić information content (AvgIpc) is 3.01. The Hall–Kier alpha value is -3.71. The molecule has 5 rings (SSSR count). The Balaban J connectivity index is 1.05. The van der Waals surface area contributed by atoms with Gasteiger partial charge in [0.05, 0.1) is 11.6 Å². The lowest BCUT2D eigenvalue weighted by Crippen LogP contribution is -2.34. The highest BCUT2D eigenvalue weighted by Gasteiger charge is 2.28. The van der Waals surface area contributed by atoms with E-state index in [1.807, 2.05) is 42.5 Å². The maximum Gasteiger partial charge on any atom is 0.380 e. The van der Waals surface area contributed by atoms with E-state index in [1.54, 1.807) is 12.1 Å². The minimum Gasteiger partial charge on any atom is -0.370 e. The van der Waals surface area contributed by atoms with Gasteiger partial charge < -0.3 is 14.4 Å². The number of fused-ring (bicyclic) bond motifs is 1. The van der Waals surface area contributed by atoms with Gasteiger partial charge in [-0.1, -0.05) is 36.4 Å². The topological polar surface area (TPSA) is 126 Å². The van der Waals surface area contributed by atoms with Crippen LogP contribution in [0.25, 0.3) is 11.1 Å². The molecule has 1 fully saturated rings. The van der Waals surface area contributed by atoms with E-state index in [0.29, 0.717) is 23.4 Å². The number of carbonyl (C=O) groups excluding carboxylic acids is 1. The van der Waals surface area contributed by atoms with E-state index in [1.165, 1.54) is 5.56 Å². The van der Waals surface area contributed by atoms with Gasteiger partial charge in [0.2, 0.25) is 0 Å². The van der Waals surface area contributed by atoms with Crippen LogP contribution in [-0.4, -0.2) is 45.4 Å². The summed E-state index contributed by atoms with van der Waals surface area (Å²) in [4.78, 5) is 15.0. The Morgan fingerprint density at radius 1 is 0.952 bits per heavy atom. The zero-order chi connectivity index (χ0) is 29.5. The molecule has 3 N–H and O–H groups in total. The molecule has 3 aromatic carbocycles. The lowest BCUT2D eigenvalue weighted by Gasteiger charge is -2.33. The fourth-order valence-corrected chi connectivity index (χ4v) is 6.56. The van der Waals surface area contributed by atoms with Gasteiger partial charge in [0.15, 0.2) is 5.75 Å². The Bertz CT molecular complexity index is 1540. The van der Waals surface area contributed by atoms with E-state index in [-0.39, 0.29) is 11.8 Å². The van der Waals surface area contributed by atoms with Gasteiger partial charge in [0.25, 0.3) is 5.91 Å². The van der Waals surface area contributed by atoms with Crippen molar-refractivity contribution in [2.24, 2.45) is 5.14 Å². The standard InChI is InChI=1S/C33H38N4O4S/c34-23-24-7-9-25(10-8-24)26-11-13-29(14-12-26)33(38)36-19-3-4-20-37-21-17-28(18-22-37)31-16-15-27-5-1-2-6-30(27)32(31)41-42(35,39)40/h7-16,28H,1-6,17-22H2,(H,36,38)(H2,35,39,40). The number of nitrogens with one attached hydrogen (secondary N) is 1. The summed E-state index contributed by atoms with van der Waals surface area (Å²) in [7, 11) is -4.09. The van der Waals surface area contributed by atoms with E-state index in [2.05, 4.69) is 22.4 Å². The summed E-state index contributed by atoms with van der Waals surface area (Å²) in [5.41, 5.74) is 6.41. The van der Waals surface area contributed by atoms with Crippen molar-refractivity contribution in [1.82, 2.24) is 10.2 Å². The monoisotopic (exact) mass is 586 g/mol. The summed E-state index contributed by atoms with van der Waals surface area (Å²) in [6.07, 6.45) is 7.67. The molecule has 0 saturated carbocycles. The van der Waals surface area contributed by atoms with Crippen molar-refractivity contribution >= 4 is 16.2 Å². The van der Waals surface area contributed by atoms with Crippen LogP contribution in [0.5, 0.6) is 5.75 Å². The maximum atomic E-state index is 12.6. The molecule has 3 aromatic rings. The Labute approximate surface area is 248 Å². The van der Waals surface area contributed by atoms with Crippen LogP contribution in [0.1, 0.15) is 77.1 Å². The number of nitriles is 1. The van der Waals surface area contributed by atoms with Crippen LogP contribution in [0.4, 0.5) is 0 Å². The minimum absolute atomic E-state index is 0.0789. The van der Waals surface area contributed by atoms with Crippen molar-refractivity contribution in [3.63, 3.8) is 0 Å². The highest BCUT2D eigenvalue weighted by atomic mass is 32.2. The van der Waals surface area contributed by atoms with Crippen molar-refractivity contribution in [3.05, 3.63) is 88.5 Å². The number of aryl methyl sites for hydroxylation is 1. The molecule has 1 aliphatic carbocycles. The lowest BCUT2D eigenvalue weighted by molar-refractivity contribution is 0.0952. The van der Waals surface area contributed by atoms with Crippen LogP contribution in [0, 0.1) is 11.3 Å². The molecule has 0 atom stereocenters. The van der Waals surface area contributed by atoms with Gasteiger partial charge in [-0.05, 0) is 129 Å². The molecule has 1 amide bonds. The number of carbonyl (C=O) groups is 1. The predicted octanol–water partition coefficient (Wildman–Crippen LogP) is 5.08. The van der Waals surface area contributed by atoms with Crippen LogP contribution >= 0.6 is 0 Å². The molecule has 0 spiro atoms. The second-order valence-corrected chi connectivity index (χ2v) is 12.4. The number of rotatable bonds is 10. The molecule has 0 aromatic heterocycles. The van der Waals surface area contributed by atoms with Crippen LogP contribution in [0.2, 0.25) is 0 Å². The van der Waals surface area contributed by atoms with Crippen molar-refractivity contribution in [2.75, 3.05) is 26.2 Å². The number of unbranched alkanes of at least 4 members (excludes halogenated alkanes) is 1. The van der Waals surface area contributed by atoms with Crippen LogP contribution < -0.4 is 14.6 Å². The number of hydrogen-bond donors (Lipinski definition) is 2. The molecule has 1 saturated heterocycles. The molecular weight excluding hydrogens is 548 g/mol. The normalized spacial score (nSPS) is 15.9. The molecule has 1 heterocycles. The fraction of sp³-hybridized carbons (Fsp3) is 0.394. The lowest BCUT2D eigenvalue weighted by atomic mass is 9.83. The maximum absolute atomic E-state index is 12.6. The third kappa shape index (κ3) is 7.57. The van der Waals surface area contributed by atoms with Crippen molar-refractivity contribution in [3.8, 4) is 22.9 Å². The average molecular weight is 587 g/mol. The van der Waals surface area contributed by atoms with Gasteiger partial charge >= 0.3 is 10.3 Å². The first-order valence-corrected chi connectivity index (χ1v) is 16.3. The summed E-state index contributed by atoms with van der Waals surface area (Å²) >= 11 is 0. The third-order valence-electron chi connectivity index (χ3n) is 8.42. The van der Waals surface area contributed by atoms with E-state index in [9.17, 15) is 13.2 Å². The highest BCUT2D eigenvalue weighted by molar-refractivity contribution is 7.84. The molecule has 220 valence electrons. The highest BCUT2D eigenvalue weighted by Crippen LogP contribution is 2.40. The van der Waals surface area contributed by atoms with Gasteiger partial charge in [-0.3, -0.25) is 4.79 Å². The van der Waals surface area contributed by atoms with Crippen molar-refractivity contribution in [2.45, 2.75) is 57.3 Å². The number of benzene rings is 3. The van der Waals surface area contributed by atoms with E-state index < -0.39 is 10.3 Å². The predicted molar refractivity (Wildman–Crippen MR) is 163 cm³/mol. The van der Waals surface area contributed by atoms with Gasteiger partial charge in [-0.2, -0.15) is 18.8 Å². The molecule has 1 aliphatic heterocycles. The first-order chi connectivity index (χ1) is 20.3. The van der Waals surface area contributed by atoms with Gasteiger partial charge in [-0.25, -0.2) is 0 Å². The number of likely N-dealkylation sites (tertiary alicyclic amines) is 1. The van der Waals surface area contributed by atoms with E-state index in [0.717, 1.165) is 93.3 Å². The number of nitrogens with zero attached hydrogens (tertiary/aromatic N) is 2. The summed E-state index contributed by atoms with van der Waals surface area (Å²) < 4.78 is 29.1. The smallest absolute Gasteiger partial charge is 0.370 e. The van der Waals surface area contributed by atoms with Crippen molar-refractivity contribution in [1.29, 1.82) is 5.26 Å². The van der Waals surface area contributed by atoms with Crippen LogP contribution in [0.15, 0.2) is 60.7 Å². The van der Waals surface area contributed by atoms with Crippen LogP contribution in [-0.2, 0) is 23.1 Å². The second-order valence-electron chi connectivity index (χ2n) is 11.3. The minimum atomic E-state index is -4.09. The van der Waals surface area contributed by atoms with Crippen molar-refractivity contribution < 1.29 is 17.4 Å². The summed E-state index contributed by atoms with van der Waals surface area (Å²) in [5, 5.41) is 17.3. The van der Waals surface area contributed by atoms with E-state index >= 15 is 0 Å². The SMILES string of the molecule is N#Cc1ccc(-c2ccc(C(=O)NCCCCN3CCC(c4ccc5c(c4OS(N)(=O)=O)CCCC5)CC3)cc2)cc1. The first-order valence-electron chi connectivity index (χ1n) is 14.8. The molecule has 0 bridgehead atoms. The molecule has 8 nitrogen and oxygen atoms in total. The molecule has 0 radical (unpaired) electrons. The molecular formula is C33H38N4O4S. The summed E-state index contributed by atoms with van der Waals surface area (Å²) in [5.74, 6) is 0.644. The Morgan fingerprint density at radius 3 is 2.29 bits per heavy atom. The van der Waals surface area contributed by atoms with E-state index in [4.69, 9.17) is 14.6 Å². The molecule has 42 heavy (non-hydrogen) atoms. The molecule has 2 aliphatic rings. The van der Waals surface area contributed by atoms with Crippen LogP contribution in [0.3, 0.4) is 0 Å². The van der Waals surface area contributed by atoms with Gasteiger partial charge in [0, 0.05) is 12.1 Å². The quantitative estimate of drug-likeness (QED) is 0.319. The summed E-state index contributed by atoms with van der Waals surface area (Å²) in [6.45, 7) is 3.46. The number of hydrogen-bond acceptors (Lipinski definition) is 6. The first kappa shape index (κ1) is 29.8. The number of nitrogens with two attached hydrogens (primary N) is 1. The fourth-order valence-electron chi connectivity index (χ4n) is 6.13. The number of amides is 1. The van der Waals surface area contributed by atoms with Gasteiger partial charge in [0.1, 0.15) is 0 Å². The summed E-state index contributed by atoms with van der Waals surface area (Å²) in [6, 6.07) is 21.2. The Morgan fingerprint density at radius 2 is 1.62 bits per heavy atom. The second kappa shape index (κ2) is 13.5. The number of piperidine rings is 1. The van der Waals surface area contributed by atoms with Gasteiger partial charge in [-0.15, -0.1) is 0 Å². The third-order valence-corrected chi connectivity index (χ3v) is 8.82. The molecule has 9 heteroatoms. The molecule has 0 unspecified atom stereocenters. The largest absolute Gasteiger partial charge is 0.380 e.